The zero-order chi connectivity index (χ0) is 43.5. The van der Waals surface area contributed by atoms with Crippen molar-refractivity contribution in [1.82, 2.24) is 0 Å². The van der Waals surface area contributed by atoms with E-state index in [9.17, 15) is 9.59 Å². The summed E-state index contributed by atoms with van der Waals surface area (Å²) in [5, 5.41) is 0. The molecule has 0 rings (SSSR count). The molecule has 60 heavy (non-hydrogen) atoms. The molecule has 0 fully saturated rings. The molecule has 0 N–H and O–H groups in total. The van der Waals surface area contributed by atoms with Gasteiger partial charge in [0.2, 0.25) is 0 Å². The molecular weight excluding hydrogens is 741 g/mol. The zero-order valence-corrected chi connectivity index (χ0v) is 41.0. The van der Waals surface area contributed by atoms with Crippen LogP contribution in [0.3, 0.4) is 0 Å². The molecule has 0 saturated heterocycles. The van der Waals surface area contributed by atoms with Crippen LogP contribution in [0.25, 0.3) is 0 Å². The molecule has 0 spiro atoms. The number of hydrogen-bond acceptors (Lipinski definition) is 5. The fourth-order valence-corrected chi connectivity index (χ4v) is 8.21. The fraction of sp³-hybridized carbons (Fsp3) is 0.927. The maximum Gasteiger partial charge on any atom is 0.306 e. The first-order valence-corrected chi connectivity index (χ1v) is 27.2. The number of rotatable bonds is 51. The van der Waals surface area contributed by atoms with Crippen molar-refractivity contribution in [2.24, 2.45) is 0 Å². The van der Waals surface area contributed by atoms with Crippen LogP contribution >= 0.6 is 0 Å². The Balaban J connectivity index is 4.13. The summed E-state index contributed by atoms with van der Waals surface area (Å²) in [5.41, 5.74) is 0. The van der Waals surface area contributed by atoms with E-state index in [0.717, 1.165) is 44.9 Å². The predicted octanol–water partition coefficient (Wildman–Crippen LogP) is 18.2. The lowest BCUT2D eigenvalue weighted by atomic mass is 10.0. The second kappa shape index (κ2) is 52.0. The summed E-state index contributed by atoms with van der Waals surface area (Å²) in [6, 6.07) is 0. The van der Waals surface area contributed by atoms with E-state index >= 15 is 0 Å². The minimum atomic E-state index is -0.530. The Hall–Kier alpha value is -1.36. The number of esters is 2. The van der Waals surface area contributed by atoms with Crippen molar-refractivity contribution in [1.29, 1.82) is 0 Å². The van der Waals surface area contributed by atoms with Crippen molar-refractivity contribution in [3.05, 3.63) is 12.2 Å². The SMILES string of the molecule is CCCCCCCC/C=C\CCCCCCCC(=O)OC(COCCCCCCCCCCCC)COC(=O)CCCCCCCCCCCCCCCCCCCCC. The molecule has 0 saturated carbocycles. The molecule has 356 valence electrons. The van der Waals surface area contributed by atoms with Gasteiger partial charge in [0.05, 0.1) is 6.61 Å². The van der Waals surface area contributed by atoms with E-state index in [4.69, 9.17) is 14.2 Å². The van der Waals surface area contributed by atoms with Crippen LogP contribution in [0.1, 0.15) is 303 Å². The van der Waals surface area contributed by atoms with Crippen LogP contribution in [0, 0.1) is 0 Å². The molecule has 1 unspecified atom stereocenters. The van der Waals surface area contributed by atoms with Crippen LogP contribution in [-0.4, -0.2) is 37.9 Å². The highest BCUT2D eigenvalue weighted by molar-refractivity contribution is 5.70. The van der Waals surface area contributed by atoms with Crippen molar-refractivity contribution < 1.29 is 23.8 Å². The topological polar surface area (TPSA) is 61.8 Å². The van der Waals surface area contributed by atoms with Gasteiger partial charge in [0.1, 0.15) is 6.61 Å². The number of hydrogen-bond donors (Lipinski definition) is 0. The normalized spacial score (nSPS) is 12.1. The largest absolute Gasteiger partial charge is 0.462 e. The lowest BCUT2D eigenvalue weighted by Crippen LogP contribution is -2.30. The maximum atomic E-state index is 12.8. The molecule has 0 aromatic carbocycles. The minimum absolute atomic E-state index is 0.0914. The van der Waals surface area contributed by atoms with Crippen molar-refractivity contribution in [2.45, 2.75) is 309 Å². The van der Waals surface area contributed by atoms with Crippen molar-refractivity contribution in [2.75, 3.05) is 19.8 Å². The standard InChI is InChI=1S/C55H106O5/c1-4-7-10-13-16-19-22-24-26-27-28-29-31-32-34-36-39-42-45-48-54(56)59-52-53(51-58-50-47-44-41-38-21-18-15-12-9-6-3)60-55(57)49-46-43-40-37-35-33-30-25-23-20-17-14-11-8-5-2/h25,30,53H,4-24,26-29,31-52H2,1-3H3/b30-25-. The first-order valence-electron chi connectivity index (χ1n) is 27.2. The first kappa shape index (κ1) is 58.6. The summed E-state index contributed by atoms with van der Waals surface area (Å²) in [7, 11) is 0. The molecule has 0 amide bonds. The van der Waals surface area contributed by atoms with E-state index in [1.807, 2.05) is 0 Å². The summed E-state index contributed by atoms with van der Waals surface area (Å²) < 4.78 is 17.4. The predicted molar refractivity (Wildman–Crippen MR) is 261 cm³/mol. The number of allylic oxidation sites excluding steroid dienone is 2. The molecule has 0 bridgehead atoms. The molecule has 0 aromatic rings. The fourth-order valence-electron chi connectivity index (χ4n) is 8.21. The van der Waals surface area contributed by atoms with Gasteiger partial charge >= 0.3 is 11.9 Å². The molecule has 0 heterocycles. The van der Waals surface area contributed by atoms with Crippen LogP contribution in [-0.2, 0) is 23.8 Å². The number of carbonyl (C=O) groups is 2. The number of ether oxygens (including phenoxy) is 3. The third kappa shape index (κ3) is 49.3. The monoisotopic (exact) mass is 847 g/mol. The van der Waals surface area contributed by atoms with Gasteiger partial charge in [-0.2, -0.15) is 0 Å². The van der Waals surface area contributed by atoms with E-state index in [1.54, 1.807) is 0 Å². The highest BCUT2D eigenvalue weighted by Crippen LogP contribution is 2.16. The van der Waals surface area contributed by atoms with Gasteiger partial charge in [-0.3, -0.25) is 9.59 Å². The lowest BCUT2D eigenvalue weighted by Gasteiger charge is -2.18. The summed E-state index contributed by atoms with van der Waals surface area (Å²) in [4.78, 5) is 25.4. The summed E-state index contributed by atoms with van der Waals surface area (Å²) in [6.07, 6.45) is 59.4. The Morgan fingerprint density at radius 3 is 1.02 bits per heavy atom. The smallest absolute Gasteiger partial charge is 0.306 e. The third-order valence-electron chi connectivity index (χ3n) is 12.3. The van der Waals surface area contributed by atoms with Crippen LogP contribution in [0.2, 0.25) is 0 Å². The molecule has 1 atom stereocenters. The van der Waals surface area contributed by atoms with Gasteiger partial charge < -0.3 is 14.2 Å². The van der Waals surface area contributed by atoms with E-state index in [0.29, 0.717) is 26.1 Å². The summed E-state index contributed by atoms with van der Waals surface area (Å²) in [6.45, 7) is 7.88. The Labute approximate surface area is 375 Å². The van der Waals surface area contributed by atoms with Crippen LogP contribution in [0.15, 0.2) is 12.2 Å². The average Bonchev–Trinajstić information content (AvgIpc) is 3.25. The van der Waals surface area contributed by atoms with Gasteiger partial charge in [0.25, 0.3) is 0 Å². The molecule has 0 aromatic heterocycles. The summed E-state index contributed by atoms with van der Waals surface area (Å²) >= 11 is 0. The van der Waals surface area contributed by atoms with E-state index in [1.165, 1.54) is 225 Å². The molecule has 5 nitrogen and oxygen atoms in total. The zero-order valence-electron chi connectivity index (χ0n) is 41.0. The van der Waals surface area contributed by atoms with Crippen molar-refractivity contribution in [3.63, 3.8) is 0 Å². The minimum Gasteiger partial charge on any atom is -0.462 e. The quantitative estimate of drug-likeness (QED) is 0.0347. The Kier molecular flexibility index (Phi) is 50.8. The van der Waals surface area contributed by atoms with Gasteiger partial charge in [-0.1, -0.05) is 258 Å². The Morgan fingerprint density at radius 1 is 0.350 bits per heavy atom. The second-order valence-electron chi connectivity index (χ2n) is 18.5. The number of unbranched alkanes of at least 4 members (excludes halogenated alkanes) is 38. The molecule has 0 radical (unpaired) electrons. The van der Waals surface area contributed by atoms with Gasteiger partial charge in [0, 0.05) is 19.4 Å². The van der Waals surface area contributed by atoms with E-state index in [2.05, 4.69) is 32.9 Å². The maximum absolute atomic E-state index is 12.8. The van der Waals surface area contributed by atoms with Crippen LogP contribution in [0.5, 0.6) is 0 Å². The summed E-state index contributed by atoms with van der Waals surface area (Å²) in [5.74, 6) is -0.384. The molecule has 5 heteroatoms. The Morgan fingerprint density at radius 2 is 0.650 bits per heavy atom. The molecule has 0 aliphatic heterocycles. The van der Waals surface area contributed by atoms with Gasteiger partial charge in [-0.05, 0) is 44.9 Å². The van der Waals surface area contributed by atoms with E-state index < -0.39 is 6.10 Å². The van der Waals surface area contributed by atoms with Gasteiger partial charge in [0.15, 0.2) is 6.10 Å². The second-order valence-corrected chi connectivity index (χ2v) is 18.5. The van der Waals surface area contributed by atoms with Crippen LogP contribution < -0.4 is 0 Å². The third-order valence-corrected chi connectivity index (χ3v) is 12.3. The van der Waals surface area contributed by atoms with Gasteiger partial charge in [-0.25, -0.2) is 0 Å². The molecule has 0 aliphatic rings. The molecule has 0 aliphatic carbocycles. The average molecular weight is 847 g/mol. The highest BCUT2D eigenvalue weighted by Gasteiger charge is 2.17. The Bertz CT molecular complexity index is 871. The first-order chi connectivity index (χ1) is 29.6. The molecular formula is C55H106O5. The van der Waals surface area contributed by atoms with E-state index in [-0.39, 0.29) is 18.5 Å². The number of carbonyl (C=O) groups excluding carboxylic acids is 2. The van der Waals surface area contributed by atoms with Crippen molar-refractivity contribution in [3.8, 4) is 0 Å². The van der Waals surface area contributed by atoms with Crippen LogP contribution in [0.4, 0.5) is 0 Å². The highest BCUT2D eigenvalue weighted by atomic mass is 16.6. The van der Waals surface area contributed by atoms with Gasteiger partial charge in [-0.15, -0.1) is 0 Å². The lowest BCUT2D eigenvalue weighted by molar-refractivity contribution is -0.163. The van der Waals surface area contributed by atoms with Crippen molar-refractivity contribution >= 4 is 11.9 Å².